The summed E-state index contributed by atoms with van der Waals surface area (Å²) in [6.45, 7) is -0.404. The normalized spacial score (nSPS) is 10.8. The number of hydrogen-bond donors (Lipinski definition) is 0. The molecule has 0 saturated heterocycles. The number of halogens is 3. The summed E-state index contributed by atoms with van der Waals surface area (Å²) < 4.78 is 24.8. The highest BCUT2D eigenvalue weighted by molar-refractivity contribution is 9.10. The maximum atomic E-state index is 11.6. The molecule has 0 aliphatic rings. The second-order valence-electron chi connectivity index (χ2n) is 1.65. The van der Waals surface area contributed by atoms with Crippen molar-refractivity contribution < 1.29 is 8.78 Å². The molecule has 0 unspecified atom stereocenters. The highest BCUT2D eigenvalue weighted by Gasteiger charge is 2.04. The molecule has 0 aromatic carbocycles. The van der Waals surface area contributed by atoms with Gasteiger partial charge in [-0.1, -0.05) is 5.21 Å². The summed E-state index contributed by atoms with van der Waals surface area (Å²) in [5.74, 6) is 0. The molecule has 0 atom stereocenters. The van der Waals surface area contributed by atoms with E-state index in [-0.39, 0.29) is 0 Å². The van der Waals surface area contributed by atoms with E-state index in [2.05, 4.69) is 26.2 Å². The van der Waals surface area contributed by atoms with Crippen molar-refractivity contribution in [2.24, 2.45) is 0 Å². The summed E-state index contributed by atoms with van der Waals surface area (Å²) in [7, 11) is 0. The third-order valence-corrected chi connectivity index (χ3v) is 1.20. The number of hydrogen-bond acceptors (Lipinski definition) is 2. The van der Waals surface area contributed by atoms with Gasteiger partial charge in [0, 0.05) is 0 Å². The maximum absolute atomic E-state index is 11.6. The Morgan fingerprint density at radius 2 is 2.40 bits per heavy atom. The summed E-state index contributed by atoms with van der Waals surface area (Å²) in [6, 6.07) is 0. The second-order valence-corrected chi connectivity index (χ2v) is 2.47. The summed E-state index contributed by atoms with van der Waals surface area (Å²) >= 11 is 2.98. The van der Waals surface area contributed by atoms with Crippen LogP contribution < -0.4 is 0 Å². The molecule has 0 saturated carbocycles. The average molecular weight is 212 g/mol. The molecule has 0 aliphatic carbocycles. The predicted molar refractivity (Wildman–Crippen MR) is 33.7 cm³/mol. The summed E-state index contributed by atoms with van der Waals surface area (Å²) in [6.07, 6.45) is -0.986. The quantitative estimate of drug-likeness (QED) is 0.739. The second kappa shape index (κ2) is 3.05. The number of aromatic nitrogens is 3. The third kappa shape index (κ3) is 2.02. The lowest BCUT2D eigenvalue weighted by atomic mass is 10.7. The Kier molecular flexibility index (Phi) is 2.31. The van der Waals surface area contributed by atoms with E-state index in [1.54, 1.807) is 0 Å². The zero-order chi connectivity index (χ0) is 7.56. The lowest BCUT2D eigenvalue weighted by Gasteiger charge is -1.95. The van der Waals surface area contributed by atoms with E-state index >= 15 is 0 Å². The van der Waals surface area contributed by atoms with E-state index in [1.165, 1.54) is 6.20 Å². The van der Waals surface area contributed by atoms with Crippen molar-refractivity contribution in [1.82, 2.24) is 15.0 Å². The van der Waals surface area contributed by atoms with Crippen LogP contribution in [0.3, 0.4) is 0 Å². The lowest BCUT2D eigenvalue weighted by molar-refractivity contribution is 0.121. The fourth-order valence-electron chi connectivity index (χ4n) is 0.505. The molecule has 6 heteroatoms. The van der Waals surface area contributed by atoms with Crippen LogP contribution in [0.25, 0.3) is 0 Å². The van der Waals surface area contributed by atoms with Gasteiger partial charge in [0.25, 0.3) is 6.43 Å². The zero-order valence-electron chi connectivity index (χ0n) is 4.84. The maximum Gasteiger partial charge on any atom is 0.257 e. The first-order valence-corrected chi connectivity index (χ1v) is 3.31. The molecule has 56 valence electrons. The van der Waals surface area contributed by atoms with Crippen molar-refractivity contribution in [3.8, 4) is 0 Å². The van der Waals surface area contributed by atoms with Crippen molar-refractivity contribution in [3.05, 3.63) is 10.8 Å². The van der Waals surface area contributed by atoms with Crippen molar-refractivity contribution in [2.45, 2.75) is 13.0 Å². The minimum atomic E-state index is -2.38. The topological polar surface area (TPSA) is 30.7 Å². The minimum Gasteiger partial charge on any atom is -0.246 e. The standard InChI is InChI=1S/C4H4BrF2N3/c5-3-1-10(9-8-3)2-4(6)7/h1,4H,2H2. The van der Waals surface area contributed by atoms with Crippen LogP contribution in [-0.2, 0) is 6.54 Å². The summed E-state index contributed by atoms with van der Waals surface area (Å²) in [5.41, 5.74) is 0. The molecular weight excluding hydrogens is 208 g/mol. The zero-order valence-corrected chi connectivity index (χ0v) is 6.42. The van der Waals surface area contributed by atoms with Crippen LogP contribution in [0.2, 0.25) is 0 Å². The van der Waals surface area contributed by atoms with Gasteiger partial charge in [0.05, 0.1) is 6.20 Å². The van der Waals surface area contributed by atoms with E-state index < -0.39 is 13.0 Å². The van der Waals surface area contributed by atoms with Crippen LogP contribution in [0, 0.1) is 0 Å². The molecule has 0 spiro atoms. The molecule has 0 fully saturated rings. The van der Waals surface area contributed by atoms with Crippen LogP contribution in [0.4, 0.5) is 8.78 Å². The van der Waals surface area contributed by atoms with Crippen LogP contribution in [0.1, 0.15) is 0 Å². The molecule has 0 radical (unpaired) electrons. The van der Waals surface area contributed by atoms with Gasteiger partial charge in [-0.2, -0.15) is 0 Å². The van der Waals surface area contributed by atoms with Crippen molar-refractivity contribution in [1.29, 1.82) is 0 Å². The Hall–Kier alpha value is -0.520. The molecule has 1 rings (SSSR count). The van der Waals surface area contributed by atoms with E-state index in [9.17, 15) is 8.78 Å². The SMILES string of the molecule is FC(F)Cn1cc(Br)nn1. The minimum absolute atomic E-state index is 0.404. The lowest BCUT2D eigenvalue weighted by Crippen LogP contribution is -2.06. The smallest absolute Gasteiger partial charge is 0.246 e. The van der Waals surface area contributed by atoms with E-state index in [0.29, 0.717) is 4.60 Å². The van der Waals surface area contributed by atoms with Crippen LogP contribution >= 0.6 is 15.9 Å². The van der Waals surface area contributed by atoms with Crippen LogP contribution in [0.15, 0.2) is 10.8 Å². The molecule has 1 aromatic rings. The van der Waals surface area contributed by atoms with Gasteiger partial charge >= 0.3 is 0 Å². The van der Waals surface area contributed by atoms with Gasteiger partial charge in [-0.3, -0.25) is 0 Å². The van der Waals surface area contributed by atoms with Gasteiger partial charge in [0.2, 0.25) is 0 Å². The highest BCUT2D eigenvalue weighted by atomic mass is 79.9. The fourth-order valence-corrected chi connectivity index (χ4v) is 0.813. The Morgan fingerprint density at radius 1 is 1.70 bits per heavy atom. The molecule has 3 nitrogen and oxygen atoms in total. The average Bonchev–Trinajstić information content (AvgIpc) is 2.13. The molecule has 0 bridgehead atoms. The molecule has 1 heterocycles. The number of nitrogens with zero attached hydrogens (tertiary/aromatic N) is 3. The van der Waals surface area contributed by atoms with E-state index in [1.807, 2.05) is 0 Å². The van der Waals surface area contributed by atoms with Crippen LogP contribution in [-0.4, -0.2) is 21.4 Å². The fraction of sp³-hybridized carbons (Fsp3) is 0.500. The van der Waals surface area contributed by atoms with Gasteiger partial charge in [0.1, 0.15) is 11.1 Å². The Bertz CT molecular complexity index is 212. The van der Waals surface area contributed by atoms with Gasteiger partial charge < -0.3 is 0 Å². The third-order valence-electron chi connectivity index (χ3n) is 0.836. The number of rotatable bonds is 2. The Balaban J connectivity index is 2.58. The van der Waals surface area contributed by atoms with Crippen molar-refractivity contribution in [3.63, 3.8) is 0 Å². The molecule has 0 aliphatic heterocycles. The van der Waals surface area contributed by atoms with Gasteiger partial charge in [-0.15, -0.1) is 5.10 Å². The van der Waals surface area contributed by atoms with E-state index in [4.69, 9.17) is 0 Å². The molecule has 0 N–H and O–H groups in total. The monoisotopic (exact) mass is 211 g/mol. The summed E-state index contributed by atoms with van der Waals surface area (Å²) in [5, 5.41) is 6.86. The largest absolute Gasteiger partial charge is 0.257 e. The van der Waals surface area contributed by atoms with Gasteiger partial charge in [-0.25, -0.2) is 13.5 Å². The summed E-state index contributed by atoms with van der Waals surface area (Å²) in [4.78, 5) is 0. The van der Waals surface area contributed by atoms with Gasteiger partial charge in [0.15, 0.2) is 0 Å². The van der Waals surface area contributed by atoms with Crippen molar-refractivity contribution in [2.75, 3.05) is 0 Å². The van der Waals surface area contributed by atoms with Gasteiger partial charge in [-0.05, 0) is 15.9 Å². The van der Waals surface area contributed by atoms with Crippen LogP contribution in [0.5, 0.6) is 0 Å². The highest BCUT2D eigenvalue weighted by Crippen LogP contribution is 2.03. The molecule has 10 heavy (non-hydrogen) atoms. The first-order chi connectivity index (χ1) is 4.68. The number of alkyl halides is 2. The molecule has 0 amide bonds. The Morgan fingerprint density at radius 3 is 2.80 bits per heavy atom. The first-order valence-electron chi connectivity index (χ1n) is 2.52. The predicted octanol–water partition coefficient (Wildman–Crippen LogP) is 1.31. The van der Waals surface area contributed by atoms with Crippen molar-refractivity contribution >= 4 is 15.9 Å². The molecule has 1 aromatic heterocycles. The first kappa shape index (κ1) is 7.59. The molecular formula is C4H4BrF2N3. The Labute approximate surface area is 64.2 Å². The van der Waals surface area contributed by atoms with E-state index in [0.717, 1.165) is 4.68 Å².